The van der Waals surface area contributed by atoms with Crippen LogP contribution < -0.4 is 15.5 Å². The van der Waals surface area contributed by atoms with Gasteiger partial charge in [-0.1, -0.05) is 12.1 Å². The number of halogens is 1. The molecule has 0 saturated carbocycles. The van der Waals surface area contributed by atoms with E-state index in [1.807, 2.05) is 50.4 Å². The number of hydrogen-bond donors (Lipinski definition) is 3. The molecule has 0 saturated heterocycles. The van der Waals surface area contributed by atoms with E-state index in [1.54, 1.807) is 19.2 Å². The van der Waals surface area contributed by atoms with E-state index in [1.165, 1.54) is 12.1 Å². The maximum atomic E-state index is 13.6. The van der Waals surface area contributed by atoms with Crippen LogP contribution in [0.2, 0.25) is 0 Å². The number of aromatic nitrogens is 2. The molecular weight excluding hydrogens is 485 g/mol. The largest absolute Gasteiger partial charge is 0.455 e. The Bertz CT molecular complexity index is 1610. The molecule has 0 bridgehead atoms. The zero-order valence-corrected chi connectivity index (χ0v) is 21.3. The first kappa shape index (κ1) is 24.0. The topological polar surface area (TPSA) is 95.4 Å². The van der Waals surface area contributed by atoms with E-state index in [-0.39, 0.29) is 23.9 Å². The second kappa shape index (κ2) is 9.50. The molecule has 1 aliphatic rings. The van der Waals surface area contributed by atoms with Gasteiger partial charge in [-0.2, -0.15) is 0 Å². The van der Waals surface area contributed by atoms with Gasteiger partial charge >= 0.3 is 0 Å². The fraction of sp³-hybridized carbons (Fsp3) is 0.241. The lowest BCUT2D eigenvalue weighted by Crippen LogP contribution is -2.34. The Balaban J connectivity index is 1.32. The number of H-pyrrole nitrogens is 1. The molecule has 5 aromatic rings. The quantitative estimate of drug-likeness (QED) is 0.288. The fourth-order valence-electron chi connectivity index (χ4n) is 5.13. The van der Waals surface area contributed by atoms with Crippen LogP contribution in [-0.4, -0.2) is 49.2 Å². The summed E-state index contributed by atoms with van der Waals surface area (Å²) in [7, 11) is 3.60. The van der Waals surface area contributed by atoms with Crippen LogP contribution in [0.3, 0.4) is 0 Å². The number of likely N-dealkylation sites (N-methyl/N-ethyl adjacent to an activating group) is 1. The summed E-state index contributed by atoms with van der Waals surface area (Å²) in [4.78, 5) is 23.0. The number of fused-ring (bicyclic) bond motifs is 3. The first-order chi connectivity index (χ1) is 18.4. The minimum absolute atomic E-state index is 0.116. The molecule has 8 nitrogen and oxygen atoms in total. The van der Waals surface area contributed by atoms with E-state index in [4.69, 9.17) is 9.15 Å². The van der Waals surface area contributed by atoms with Gasteiger partial charge in [0, 0.05) is 55.5 Å². The number of nitrogens with zero attached hydrogens (tertiary/aromatic N) is 2. The number of aromatic amines is 1. The van der Waals surface area contributed by atoms with E-state index < -0.39 is 0 Å². The number of rotatable bonds is 5. The van der Waals surface area contributed by atoms with Crippen molar-refractivity contribution in [3.05, 3.63) is 77.6 Å². The number of furan rings is 1. The Morgan fingerprint density at radius 3 is 2.74 bits per heavy atom. The van der Waals surface area contributed by atoms with Crippen molar-refractivity contribution in [1.29, 1.82) is 0 Å². The Morgan fingerprint density at radius 1 is 1.18 bits per heavy atom. The van der Waals surface area contributed by atoms with Gasteiger partial charge in [-0.15, -0.1) is 0 Å². The number of nitrogens with one attached hydrogen (secondary N) is 3. The Hall–Kier alpha value is -4.37. The molecule has 2 atom stereocenters. The lowest BCUT2D eigenvalue weighted by molar-refractivity contribution is 0.0134. The van der Waals surface area contributed by atoms with Crippen molar-refractivity contribution < 1.29 is 18.3 Å². The van der Waals surface area contributed by atoms with Gasteiger partial charge in [0.15, 0.2) is 0 Å². The van der Waals surface area contributed by atoms with Gasteiger partial charge in [0.1, 0.15) is 17.2 Å². The third kappa shape index (κ3) is 4.24. The molecule has 0 aliphatic carbocycles. The van der Waals surface area contributed by atoms with Gasteiger partial charge in [0.05, 0.1) is 28.8 Å². The van der Waals surface area contributed by atoms with Crippen LogP contribution in [0.4, 0.5) is 16.0 Å². The van der Waals surface area contributed by atoms with Crippen LogP contribution in [0.5, 0.6) is 0 Å². The highest BCUT2D eigenvalue weighted by atomic mass is 19.1. The summed E-state index contributed by atoms with van der Waals surface area (Å²) in [5.74, 6) is 0.484. The molecule has 0 fully saturated rings. The third-order valence-corrected chi connectivity index (χ3v) is 7.01. The van der Waals surface area contributed by atoms with Crippen LogP contribution >= 0.6 is 0 Å². The summed E-state index contributed by atoms with van der Waals surface area (Å²) in [6, 6.07) is 17.8. The fourth-order valence-corrected chi connectivity index (χ4v) is 5.13. The SMILES string of the molecule is CNC(=O)c1c(-c2ccc(F)cc2)oc2cc3c(cc12)[C@H](C)O[C@H](CNc1nc2ccccc2[nH]1)CN3C. The highest BCUT2D eigenvalue weighted by Crippen LogP contribution is 2.41. The van der Waals surface area contributed by atoms with Gasteiger partial charge in [-0.3, -0.25) is 4.79 Å². The molecule has 0 radical (unpaired) electrons. The van der Waals surface area contributed by atoms with Crippen molar-refractivity contribution in [2.75, 3.05) is 37.4 Å². The van der Waals surface area contributed by atoms with Crippen molar-refractivity contribution in [3.8, 4) is 11.3 Å². The number of carbonyl (C=O) groups excluding carboxylic acids is 1. The highest BCUT2D eigenvalue weighted by Gasteiger charge is 2.29. The summed E-state index contributed by atoms with van der Waals surface area (Å²) < 4.78 is 26.2. The minimum Gasteiger partial charge on any atom is -0.455 e. The first-order valence-corrected chi connectivity index (χ1v) is 12.5. The first-order valence-electron chi connectivity index (χ1n) is 12.5. The Labute approximate surface area is 218 Å². The van der Waals surface area contributed by atoms with Crippen LogP contribution in [0, 0.1) is 5.82 Å². The number of anilines is 2. The standard InChI is InChI=1S/C29H28FN5O3/c1-16-20-12-21-25(38-27(26(21)28(36)31-2)17-8-10-18(30)11-9-17)13-24(20)35(3)15-19(37-16)14-32-29-33-22-6-4-5-7-23(22)34-29/h4-13,16,19H,14-15H2,1-3H3,(H,31,36)(H2,32,33,34)/t16-,19+/m0/s1. The number of carbonyl (C=O) groups is 1. The number of benzene rings is 3. The summed E-state index contributed by atoms with van der Waals surface area (Å²) in [6.07, 6.45) is -0.348. The smallest absolute Gasteiger partial charge is 0.255 e. The van der Waals surface area contributed by atoms with Gasteiger partial charge < -0.3 is 29.7 Å². The molecule has 3 aromatic carbocycles. The molecular formula is C29H28FN5O3. The van der Waals surface area contributed by atoms with Gasteiger partial charge in [0.2, 0.25) is 5.95 Å². The lowest BCUT2D eigenvalue weighted by atomic mass is 10.00. The van der Waals surface area contributed by atoms with Crippen molar-refractivity contribution in [1.82, 2.24) is 15.3 Å². The van der Waals surface area contributed by atoms with Crippen molar-refractivity contribution in [2.24, 2.45) is 0 Å². The van der Waals surface area contributed by atoms with Crippen LogP contribution in [0.15, 0.2) is 65.1 Å². The number of imidazole rings is 1. The molecule has 9 heteroatoms. The average Bonchev–Trinajstić information content (AvgIpc) is 3.48. The molecule has 6 rings (SSSR count). The van der Waals surface area contributed by atoms with E-state index >= 15 is 0 Å². The lowest BCUT2D eigenvalue weighted by Gasteiger charge is -2.22. The molecule has 3 heterocycles. The number of amides is 1. The van der Waals surface area contributed by atoms with Gasteiger partial charge in [-0.05, 0) is 49.4 Å². The van der Waals surface area contributed by atoms with Crippen molar-refractivity contribution in [2.45, 2.75) is 19.1 Å². The second-order valence-electron chi connectivity index (χ2n) is 9.56. The van der Waals surface area contributed by atoms with E-state index in [0.29, 0.717) is 46.9 Å². The molecule has 194 valence electrons. The maximum absolute atomic E-state index is 13.6. The molecule has 1 amide bonds. The second-order valence-corrected chi connectivity index (χ2v) is 9.56. The number of ether oxygens (including phenoxy) is 1. The van der Waals surface area contributed by atoms with E-state index in [2.05, 4.69) is 25.5 Å². The molecule has 2 aromatic heterocycles. The van der Waals surface area contributed by atoms with Crippen LogP contribution in [0.1, 0.15) is 28.9 Å². The monoisotopic (exact) mass is 513 g/mol. The van der Waals surface area contributed by atoms with Crippen molar-refractivity contribution in [3.63, 3.8) is 0 Å². The Kier molecular flexibility index (Phi) is 6.00. The minimum atomic E-state index is -0.352. The predicted octanol–water partition coefficient (Wildman–Crippen LogP) is 5.48. The number of hydrogen-bond acceptors (Lipinski definition) is 6. The van der Waals surface area contributed by atoms with Gasteiger partial charge in [0.25, 0.3) is 5.91 Å². The molecule has 3 N–H and O–H groups in total. The van der Waals surface area contributed by atoms with Gasteiger partial charge in [-0.25, -0.2) is 9.37 Å². The summed E-state index contributed by atoms with van der Waals surface area (Å²) >= 11 is 0. The molecule has 38 heavy (non-hydrogen) atoms. The normalized spacial score (nSPS) is 17.4. The van der Waals surface area contributed by atoms with Crippen molar-refractivity contribution >= 4 is 39.5 Å². The summed E-state index contributed by atoms with van der Waals surface area (Å²) in [5, 5.41) is 6.77. The molecule has 0 unspecified atom stereocenters. The van der Waals surface area contributed by atoms with E-state index in [9.17, 15) is 9.18 Å². The van der Waals surface area contributed by atoms with E-state index in [0.717, 1.165) is 22.3 Å². The molecule has 1 aliphatic heterocycles. The van der Waals surface area contributed by atoms with Crippen LogP contribution in [-0.2, 0) is 4.74 Å². The van der Waals surface area contributed by atoms with Crippen LogP contribution in [0.25, 0.3) is 33.3 Å². The average molecular weight is 514 g/mol. The summed E-state index contributed by atoms with van der Waals surface area (Å²) in [5.41, 5.74) is 5.44. The zero-order valence-electron chi connectivity index (χ0n) is 21.3. The number of para-hydroxylation sites is 2. The summed E-state index contributed by atoms with van der Waals surface area (Å²) in [6.45, 7) is 3.22. The third-order valence-electron chi connectivity index (χ3n) is 7.01. The zero-order chi connectivity index (χ0) is 26.4. The highest BCUT2D eigenvalue weighted by molar-refractivity contribution is 6.11. The molecule has 0 spiro atoms. The Morgan fingerprint density at radius 2 is 1.97 bits per heavy atom. The predicted molar refractivity (Wildman–Crippen MR) is 146 cm³/mol. The maximum Gasteiger partial charge on any atom is 0.255 e.